The molecular formula is C25H23FN2O4S. The van der Waals surface area contributed by atoms with Crippen molar-refractivity contribution in [2.75, 3.05) is 13.2 Å². The molecule has 1 aromatic heterocycles. The topological polar surface area (TPSA) is 69.9 Å². The number of halogens is 1. The van der Waals surface area contributed by atoms with Crippen molar-refractivity contribution in [3.63, 3.8) is 0 Å². The van der Waals surface area contributed by atoms with Crippen molar-refractivity contribution in [2.24, 2.45) is 4.99 Å². The predicted molar refractivity (Wildman–Crippen MR) is 124 cm³/mol. The van der Waals surface area contributed by atoms with E-state index in [9.17, 15) is 14.0 Å². The van der Waals surface area contributed by atoms with Gasteiger partial charge in [0.25, 0.3) is 5.56 Å². The Hall–Kier alpha value is -3.52. The van der Waals surface area contributed by atoms with Crippen molar-refractivity contribution in [2.45, 2.75) is 26.8 Å². The first-order valence-corrected chi connectivity index (χ1v) is 11.4. The number of allylic oxidation sites excluding steroid dienone is 1. The molecule has 6 nitrogen and oxygen atoms in total. The van der Waals surface area contributed by atoms with Gasteiger partial charge in [-0.1, -0.05) is 35.6 Å². The Bertz CT molecular complexity index is 1390. The lowest BCUT2D eigenvalue weighted by molar-refractivity contribution is -0.139. The van der Waals surface area contributed by atoms with Crippen molar-refractivity contribution in [3.05, 3.63) is 96.4 Å². The molecular weight excluding hydrogens is 443 g/mol. The molecule has 0 spiro atoms. The Labute approximate surface area is 193 Å². The van der Waals surface area contributed by atoms with Crippen LogP contribution >= 0.6 is 11.3 Å². The summed E-state index contributed by atoms with van der Waals surface area (Å²) in [4.78, 5) is 31.4. The SMILES string of the molecule is CCOC(=O)C1=C(C)N=c2s/c(=C\c3ccc(F)cc3)c(=O)n2[C@H]1c1ccc(OCC)cc1. The largest absolute Gasteiger partial charge is 0.494 e. The molecule has 0 bridgehead atoms. The number of hydrogen-bond donors (Lipinski definition) is 0. The summed E-state index contributed by atoms with van der Waals surface area (Å²) in [6.45, 7) is 6.12. The number of esters is 1. The number of hydrogen-bond acceptors (Lipinski definition) is 6. The van der Waals surface area contributed by atoms with Crippen LogP contribution in [0, 0.1) is 5.82 Å². The highest BCUT2D eigenvalue weighted by Gasteiger charge is 2.33. The van der Waals surface area contributed by atoms with Gasteiger partial charge < -0.3 is 9.47 Å². The summed E-state index contributed by atoms with van der Waals surface area (Å²) in [6.07, 6.45) is 1.70. The van der Waals surface area contributed by atoms with Crippen LogP contribution in [0.5, 0.6) is 5.75 Å². The molecule has 2 heterocycles. The Morgan fingerprint density at radius 3 is 2.45 bits per heavy atom. The minimum Gasteiger partial charge on any atom is -0.494 e. The summed E-state index contributed by atoms with van der Waals surface area (Å²) in [5.41, 5.74) is 1.98. The quantitative estimate of drug-likeness (QED) is 0.523. The molecule has 33 heavy (non-hydrogen) atoms. The average Bonchev–Trinajstić information content (AvgIpc) is 3.10. The van der Waals surface area contributed by atoms with E-state index in [1.54, 1.807) is 32.1 Å². The molecule has 0 saturated carbocycles. The number of rotatable bonds is 6. The molecule has 0 fully saturated rings. The first-order valence-electron chi connectivity index (χ1n) is 10.6. The maximum Gasteiger partial charge on any atom is 0.338 e. The first-order chi connectivity index (χ1) is 15.9. The summed E-state index contributed by atoms with van der Waals surface area (Å²) in [6, 6.07) is 12.5. The van der Waals surface area contributed by atoms with E-state index in [0.717, 1.165) is 5.56 Å². The highest BCUT2D eigenvalue weighted by atomic mass is 32.1. The van der Waals surface area contributed by atoms with Crippen LogP contribution in [-0.2, 0) is 9.53 Å². The minimum absolute atomic E-state index is 0.209. The molecule has 1 aliphatic heterocycles. The van der Waals surface area contributed by atoms with Gasteiger partial charge in [-0.2, -0.15) is 0 Å². The van der Waals surface area contributed by atoms with E-state index in [0.29, 0.717) is 38.5 Å². The van der Waals surface area contributed by atoms with Crippen LogP contribution < -0.4 is 19.6 Å². The average molecular weight is 467 g/mol. The highest BCUT2D eigenvalue weighted by Crippen LogP contribution is 2.31. The maximum absolute atomic E-state index is 13.5. The van der Waals surface area contributed by atoms with E-state index in [1.165, 1.54) is 28.0 Å². The van der Waals surface area contributed by atoms with Crippen LogP contribution in [0.25, 0.3) is 6.08 Å². The zero-order valence-corrected chi connectivity index (χ0v) is 19.3. The van der Waals surface area contributed by atoms with Gasteiger partial charge in [-0.25, -0.2) is 14.2 Å². The lowest BCUT2D eigenvalue weighted by Crippen LogP contribution is -2.39. The van der Waals surface area contributed by atoms with Crippen LogP contribution in [0.2, 0.25) is 0 Å². The molecule has 0 unspecified atom stereocenters. The van der Waals surface area contributed by atoms with Gasteiger partial charge in [-0.3, -0.25) is 9.36 Å². The Morgan fingerprint density at radius 1 is 1.12 bits per heavy atom. The fourth-order valence-corrected chi connectivity index (χ4v) is 4.78. The number of carbonyl (C=O) groups is 1. The molecule has 0 radical (unpaired) electrons. The third-order valence-corrected chi connectivity index (χ3v) is 6.17. The molecule has 170 valence electrons. The number of thiazole rings is 1. The van der Waals surface area contributed by atoms with Gasteiger partial charge >= 0.3 is 5.97 Å². The molecule has 1 atom stereocenters. The van der Waals surface area contributed by atoms with E-state index >= 15 is 0 Å². The van der Waals surface area contributed by atoms with Crippen LogP contribution in [0.3, 0.4) is 0 Å². The van der Waals surface area contributed by atoms with E-state index in [1.807, 2.05) is 31.2 Å². The molecule has 0 aliphatic carbocycles. The van der Waals surface area contributed by atoms with E-state index < -0.39 is 12.0 Å². The summed E-state index contributed by atoms with van der Waals surface area (Å²) in [5, 5.41) is 0. The number of nitrogens with zero attached hydrogens (tertiary/aromatic N) is 2. The van der Waals surface area contributed by atoms with Crippen LogP contribution in [0.4, 0.5) is 4.39 Å². The van der Waals surface area contributed by atoms with Gasteiger partial charge in [0.15, 0.2) is 4.80 Å². The fraction of sp³-hybridized carbons (Fsp3) is 0.240. The molecule has 0 N–H and O–H groups in total. The maximum atomic E-state index is 13.5. The number of ether oxygens (including phenoxy) is 2. The minimum atomic E-state index is -0.689. The van der Waals surface area contributed by atoms with Crippen molar-refractivity contribution in [1.29, 1.82) is 0 Å². The molecule has 4 rings (SSSR count). The molecule has 0 saturated heterocycles. The molecule has 8 heteroatoms. The lowest BCUT2D eigenvalue weighted by Gasteiger charge is -2.24. The van der Waals surface area contributed by atoms with Gasteiger partial charge in [0.1, 0.15) is 11.6 Å². The highest BCUT2D eigenvalue weighted by molar-refractivity contribution is 7.07. The number of fused-ring (bicyclic) bond motifs is 1. The van der Waals surface area contributed by atoms with Gasteiger partial charge in [0.05, 0.1) is 35.1 Å². The van der Waals surface area contributed by atoms with Gasteiger partial charge in [0, 0.05) is 0 Å². The zero-order valence-electron chi connectivity index (χ0n) is 18.5. The standard InChI is InChI=1S/C25H23FN2O4S/c1-4-31-19-12-8-17(9-13-19)22-21(24(30)32-5-2)15(3)27-25-28(22)23(29)20(33-25)14-16-6-10-18(26)11-7-16/h6-14,22H,4-5H2,1-3H3/b20-14-/t22-/m0/s1. The zero-order chi connectivity index (χ0) is 23.5. The second-order valence-corrected chi connectivity index (χ2v) is 8.36. The van der Waals surface area contributed by atoms with Crippen LogP contribution in [-0.4, -0.2) is 23.8 Å². The van der Waals surface area contributed by atoms with E-state index in [4.69, 9.17) is 9.47 Å². The van der Waals surface area contributed by atoms with Crippen molar-refractivity contribution in [3.8, 4) is 5.75 Å². The lowest BCUT2D eigenvalue weighted by atomic mass is 9.96. The van der Waals surface area contributed by atoms with E-state index in [2.05, 4.69) is 4.99 Å². The van der Waals surface area contributed by atoms with Crippen molar-refractivity contribution >= 4 is 23.4 Å². The smallest absolute Gasteiger partial charge is 0.338 e. The third kappa shape index (κ3) is 4.52. The summed E-state index contributed by atoms with van der Waals surface area (Å²) < 4.78 is 26.1. The number of benzene rings is 2. The third-order valence-electron chi connectivity index (χ3n) is 5.19. The van der Waals surface area contributed by atoms with Gasteiger partial charge in [0.2, 0.25) is 0 Å². The summed E-state index contributed by atoms with van der Waals surface area (Å²) >= 11 is 1.23. The van der Waals surface area contributed by atoms with Crippen molar-refractivity contribution in [1.82, 2.24) is 4.57 Å². The first kappa shape index (κ1) is 22.7. The molecule has 3 aromatic rings. The predicted octanol–water partition coefficient (Wildman–Crippen LogP) is 3.34. The molecule has 2 aromatic carbocycles. The second kappa shape index (κ2) is 9.54. The number of carbonyl (C=O) groups excluding carboxylic acids is 1. The number of aromatic nitrogens is 1. The Kier molecular flexibility index (Phi) is 6.55. The van der Waals surface area contributed by atoms with Gasteiger partial charge in [-0.05, 0) is 62.2 Å². The Balaban J connectivity index is 1.90. The fourth-order valence-electron chi connectivity index (χ4n) is 3.73. The normalized spacial score (nSPS) is 15.8. The van der Waals surface area contributed by atoms with Crippen LogP contribution in [0.15, 0.2) is 69.6 Å². The van der Waals surface area contributed by atoms with Gasteiger partial charge in [-0.15, -0.1) is 0 Å². The van der Waals surface area contributed by atoms with Crippen molar-refractivity contribution < 1.29 is 18.7 Å². The van der Waals surface area contributed by atoms with Crippen LogP contribution in [0.1, 0.15) is 37.9 Å². The van der Waals surface area contributed by atoms with E-state index in [-0.39, 0.29) is 18.0 Å². The summed E-state index contributed by atoms with van der Waals surface area (Å²) in [7, 11) is 0. The molecule has 1 aliphatic rings. The summed E-state index contributed by atoms with van der Waals surface area (Å²) in [5.74, 6) is -0.160. The molecule has 0 amide bonds. The monoisotopic (exact) mass is 466 g/mol. The second-order valence-electron chi connectivity index (χ2n) is 7.36. The Morgan fingerprint density at radius 2 is 1.82 bits per heavy atom.